The highest BCUT2D eigenvalue weighted by molar-refractivity contribution is 5.74. The van der Waals surface area contributed by atoms with Crippen LogP contribution in [0.5, 0.6) is 0 Å². The lowest BCUT2D eigenvalue weighted by Crippen LogP contribution is -1.49. The topological polar surface area (TPSA) is 41.8 Å². The maximum atomic E-state index is 4.78. The predicted molar refractivity (Wildman–Crippen MR) is 28.4 cm³/mol. The first kappa shape index (κ1) is 3.72. The van der Waals surface area contributed by atoms with Crippen LogP contribution in [0, 0.1) is 0 Å². The Bertz CT molecular complexity index is 232. The number of hydrogen-bond donors (Lipinski definition) is 1. The fourth-order valence-electron chi connectivity index (χ4n) is 0.681. The molecule has 2 aromatic rings. The molecule has 0 saturated heterocycles. The molecule has 0 atom stereocenters. The fourth-order valence-corrected chi connectivity index (χ4v) is 0.681. The molecule has 0 aliphatic rings. The van der Waals surface area contributed by atoms with Gasteiger partial charge in [-0.05, 0) is 0 Å². The summed E-state index contributed by atoms with van der Waals surface area (Å²) in [6, 6.07) is 0. The zero-order valence-corrected chi connectivity index (χ0v) is 4.09. The number of hydrogen-bond acceptors (Lipinski definition) is 2. The van der Waals surface area contributed by atoms with E-state index in [2.05, 4.69) is 10.1 Å². The molecule has 0 unspecified atom stereocenters. The van der Waals surface area contributed by atoms with Crippen LogP contribution >= 0.6 is 0 Å². The van der Waals surface area contributed by atoms with Crippen molar-refractivity contribution in [3.05, 3.63) is 18.6 Å². The Morgan fingerprint density at radius 3 is 3.38 bits per heavy atom. The third kappa shape index (κ3) is 0.307. The number of H-pyrrole nitrogens is 1. The summed E-state index contributed by atoms with van der Waals surface area (Å²) < 4.78 is 4.78. The monoisotopic (exact) mass is 108 g/mol. The van der Waals surface area contributed by atoms with E-state index < -0.39 is 0 Å². The van der Waals surface area contributed by atoms with Gasteiger partial charge in [-0.1, -0.05) is 5.16 Å². The van der Waals surface area contributed by atoms with E-state index >= 15 is 0 Å². The average molecular weight is 108 g/mol. The molecule has 0 aliphatic carbocycles. The number of aromatic amines is 1. The van der Waals surface area contributed by atoms with Gasteiger partial charge in [0.05, 0.1) is 11.6 Å². The van der Waals surface area contributed by atoms with Crippen LogP contribution in [-0.2, 0) is 0 Å². The summed E-state index contributed by atoms with van der Waals surface area (Å²) in [4.78, 5) is 2.88. The van der Waals surface area contributed by atoms with E-state index in [0.29, 0.717) is 0 Å². The lowest BCUT2D eigenvalue weighted by Gasteiger charge is -1.61. The third-order valence-electron chi connectivity index (χ3n) is 1.08. The minimum atomic E-state index is 0.810. The van der Waals surface area contributed by atoms with Gasteiger partial charge in [-0.15, -0.1) is 0 Å². The van der Waals surface area contributed by atoms with Crippen LogP contribution < -0.4 is 0 Å². The van der Waals surface area contributed by atoms with Gasteiger partial charge in [0.25, 0.3) is 0 Å². The van der Waals surface area contributed by atoms with E-state index in [-0.39, 0.29) is 0 Å². The Kier molecular flexibility index (Phi) is 0.521. The van der Waals surface area contributed by atoms with Gasteiger partial charge in [-0.25, -0.2) is 0 Å². The van der Waals surface area contributed by atoms with E-state index in [1.807, 2.05) is 6.20 Å². The smallest absolute Gasteiger partial charge is 0.184 e. The highest BCUT2D eigenvalue weighted by Gasteiger charge is 1.93. The minimum Gasteiger partial charge on any atom is -0.364 e. The summed E-state index contributed by atoms with van der Waals surface area (Å²) in [5.74, 6) is 0. The molecule has 1 N–H and O–H groups in total. The first-order valence-corrected chi connectivity index (χ1v) is 2.34. The third-order valence-corrected chi connectivity index (χ3v) is 1.08. The SMILES string of the molecule is c1noc2c[nH]cc12. The van der Waals surface area contributed by atoms with Gasteiger partial charge in [-0.3, -0.25) is 0 Å². The maximum absolute atomic E-state index is 4.78. The number of aromatic nitrogens is 2. The molecule has 2 rings (SSSR count). The van der Waals surface area contributed by atoms with Crippen molar-refractivity contribution in [2.45, 2.75) is 0 Å². The van der Waals surface area contributed by atoms with Crippen molar-refractivity contribution in [3.63, 3.8) is 0 Å². The molecular formula is C5H4N2O. The normalized spacial score (nSPS) is 10.5. The molecule has 0 radical (unpaired) electrons. The standard InChI is InChI=1S/C5H4N2O/c1-4-2-7-8-5(4)3-6-1/h1-3,6H. The second kappa shape index (κ2) is 1.12. The van der Waals surface area contributed by atoms with Gasteiger partial charge in [0.15, 0.2) is 5.58 Å². The molecule has 3 nitrogen and oxygen atoms in total. The second-order valence-electron chi connectivity index (χ2n) is 1.60. The van der Waals surface area contributed by atoms with Crippen molar-refractivity contribution in [1.29, 1.82) is 0 Å². The lowest BCUT2D eigenvalue weighted by molar-refractivity contribution is 0.456. The average Bonchev–Trinajstić information content (AvgIpc) is 2.15. The molecule has 0 fully saturated rings. The summed E-state index contributed by atoms with van der Waals surface area (Å²) in [6.45, 7) is 0. The molecule has 0 aromatic carbocycles. The van der Waals surface area contributed by atoms with E-state index in [1.54, 1.807) is 12.4 Å². The molecule has 2 aromatic heterocycles. The molecule has 8 heavy (non-hydrogen) atoms. The maximum Gasteiger partial charge on any atom is 0.184 e. The summed E-state index contributed by atoms with van der Waals surface area (Å²) in [5, 5.41) is 4.58. The number of nitrogens with zero attached hydrogens (tertiary/aromatic N) is 1. The van der Waals surface area contributed by atoms with Crippen LogP contribution in [0.25, 0.3) is 11.0 Å². The van der Waals surface area contributed by atoms with Gasteiger partial charge in [0, 0.05) is 12.4 Å². The van der Waals surface area contributed by atoms with Gasteiger partial charge in [0.2, 0.25) is 0 Å². The Morgan fingerprint density at radius 1 is 1.50 bits per heavy atom. The second-order valence-corrected chi connectivity index (χ2v) is 1.60. The van der Waals surface area contributed by atoms with Crippen LogP contribution in [0.3, 0.4) is 0 Å². The minimum absolute atomic E-state index is 0.810. The number of nitrogens with one attached hydrogen (secondary N) is 1. The number of rotatable bonds is 0. The van der Waals surface area contributed by atoms with Crippen molar-refractivity contribution in [2.24, 2.45) is 0 Å². The largest absolute Gasteiger partial charge is 0.364 e. The molecule has 3 heteroatoms. The first-order valence-electron chi connectivity index (χ1n) is 2.34. The summed E-state index contributed by atoms with van der Waals surface area (Å²) in [7, 11) is 0. The van der Waals surface area contributed by atoms with Crippen LogP contribution in [0.2, 0.25) is 0 Å². The highest BCUT2D eigenvalue weighted by Crippen LogP contribution is 2.09. The Labute approximate surface area is 45.3 Å². The zero-order valence-electron chi connectivity index (χ0n) is 4.09. The molecular weight excluding hydrogens is 104 g/mol. The molecule has 0 aliphatic heterocycles. The number of fused-ring (bicyclic) bond motifs is 1. The molecule has 2 heterocycles. The van der Waals surface area contributed by atoms with Crippen molar-refractivity contribution >= 4 is 11.0 Å². The Hall–Kier alpha value is -1.25. The Balaban J connectivity index is 3.06. The van der Waals surface area contributed by atoms with Crippen LogP contribution in [0.15, 0.2) is 23.1 Å². The predicted octanol–water partition coefficient (Wildman–Crippen LogP) is 1.16. The van der Waals surface area contributed by atoms with Crippen LogP contribution in [0.1, 0.15) is 0 Å². The van der Waals surface area contributed by atoms with E-state index in [9.17, 15) is 0 Å². The van der Waals surface area contributed by atoms with Gasteiger partial charge in [0.1, 0.15) is 0 Å². The lowest BCUT2D eigenvalue weighted by atomic mass is 10.5. The van der Waals surface area contributed by atoms with E-state index in [1.165, 1.54) is 0 Å². The Morgan fingerprint density at radius 2 is 2.50 bits per heavy atom. The van der Waals surface area contributed by atoms with E-state index in [0.717, 1.165) is 11.0 Å². The molecule has 0 amide bonds. The van der Waals surface area contributed by atoms with Gasteiger partial charge in [-0.2, -0.15) is 0 Å². The molecule has 0 bridgehead atoms. The van der Waals surface area contributed by atoms with Crippen molar-refractivity contribution in [1.82, 2.24) is 10.1 Å². The van der Waals surface area contributed by atoms with Crippen molar-refractivity contribution in [2.75, 3.05) is 0 Å². The van der Waals surface area contributed by atoms with Gasteiger partial charge >= 0.3 is 0 Å². The zero-order chi connectivity index (χ0) is 5.40. The van der Waals surface area contributed by atoms with E-state index in [4.69, 9.17) is 4.52 Å². The van der Waals surface area contributed by atoms with Gasteiger partial charge < -0.3 is 9.51 Å². The first-order chi connectivity index (χ1) is 3.97. The summed E-state index contributed by atoms with van der Waals surface area (Å²) in [5.41, 5.74) is 0.810. The highest BCUT2D eigenvalue weighted by atomic mass is 16.5. The van der Waals surface area contributed by atoms with Crippen LogP contribution in [0.4, 0.5) is 0 Å². The summed E-state index contributed by atoms with van der Waals surface area (Å²) in [6.07, 6.45) is 5.28. The summed E-state index contributed by atoms with van der Waals surface area (Å²) >= 11 is 0. The van der Waals surface area contributed by atoms with Crippen molar-refractivity contribution < 1.29 is 4.52 Å². The fraction of sp³-hybridized carbons (Fsp3) is 0. The van der Waals surface area contributed by atoms with Crippen molar-refractivity contribution in [3.8, 4) is 0 Å². The quantitative estimate of drug-likeness (QED) is 0.550. The molecule has 40 valence electrons. The van der Waals surface area contributed by atoms with Crippen LogP contribution in [-0.4, -0.2) is 10.1 Å². The molecule has 0 spiro atoms. The molecule has 0 saturated carbocycles.